The number of esters is 1. The third-order valence-electron chi connectivity index (χ3n) is 3.62. The van der Waals surface area contributed by atoms with E-state index in [9.17, 15) is 9.59 Å². The summed E-state index contributed by atoms with van der Waals surface area (Å²) in [6, 6.07) is 6.92. The number of carbonyl (C=O) groups is 2. The van der Waals surface area contributed by atoms with Crippen molar-refractivity contribution in [3.63, 3.8) is 0 Å². The number of epoxide rings is 1. The molecule has 1 aliphatic heterocycles. The number of carbonyl (C=O) groups excluding carboxylic acids is 2. The monoisotopic (exact) mass is 361 g/mol. The standard InChI is InChI=1S/C18H19NO5S/c1-3-22-18(21)16-8-13(4-5-17(16)24-10-15-9-23-15)19(12(2)20)14-6-7-25-11-14/h4-8,11,15H,3,9-10H2,1-2H3. The fourth-order valence-corrected chi connectivity index (χ4v) is 3.02. The summed E-state index contributed by atoms with van der Waals surface area (Å²) in [5.74, 6) is -0.204. The van der Waals surface area contributed by atoms with Gasteiger partial charge in [0.15, 0.2) is 0 Å². The van der Waals surface area contributed by atoms with Crippen LogP contribution in [0.3, 0.4) is 0 Å². The zero-order valence-electron chi connectivity index (χ0n) is 14.1. The van der Waals surface area contributed by atoms with Crippen LogP contribution in [0.1, 0.15) is 24.2 Å². The Morgan fingerprint density at radius 2 is 2.12 bits per heavy atom. The SMILES string of the molecule is CCOC(=O)c1cc(N(C(C)=O)c2ccsc2)ccc1OCC1CO1. The quantitative estimate of drug-likeness (QED) is 0.559. The lowest BCUT2D eigenvalue weighted by atomic mass is 10.1. The second kappa shape index (κ2) is 7.67. The van der Waals surface area contributed by atoms with E-state index in [1.807, 2.05) is 16.8 Å². The molecule has 0 spiro atoms. The first-order chi connectivity index (χ1) is 12.1. The number of anilines is 2. The van der Waals surface area contributed by atoms with Crippen molar-refractivity contribution in [2.45, 2.75) is 20.0 Å². The fraction of sp³-hybridized carbons (Fsp3) is 0.333. The topological polar surface area (TPSA) is 68.4 Å². The van der Waals surface area contributed by atoms with Crippen LogP contribution < -0.4 is 9.64 Å². The maximum Gasteiger partial charge on any atom is 0.341 e. The van der Waals surface area contributed by atoms with Gasteiger partial charge < -0.3 is 14.2 Å². The molecule has 1 aliphatic rings. The summed E-state index contributed by atoms with van der Waals surface area (Å²) < 4.78 is 15.9. The average Bonchev–Trinajstić information content (AvgIpc) is 3.27. The van der Waals surface area contributed by atoms with Gasteiger partial charge in [0.2, 0.25) is 5.91 Å². The fourth-order valence-electron chi connectivity index (χ4n) is 2.40. The van der Waals surface area contributed by atoms with E-state index in [0.29, 0.717) is 30.2 Å². The Bertz CT molecular complexity index is 755. The van der Waals surface area contributed by atoms with Crippen LogP contribution in [0.25, 0.3) is 0 Å². The molecule has 132 valence electrons. The zero-order chi connectivity index (χ0) is 17.8. The van der Waals surface area contributed by atoms with Crippen LogP contribution in [-0.2, 0) is 14.3 Å². The summed E-state index contributed by atoms with van der Waals surface area (Å²) in [7, 11) is 0. The van der Waals surface area contributed by atoms with Crippen molar-refractivity contribution in [1.82, 2.24) is 0 Å². The van der Waals surface area contributed by atoms with E-state index < -0.39 is 5.97 Å². The minimum absolute atomic E-state index is 0.0780. The molecule has 7 heteroatoms. The molecule has 1 fully saturated rings. The molecule has 1 amide bonds. The van der Waals surface area contributed by atoms with Crippen molar-refractivity contribution >= 4 is 34.6 Å². The first kappa shape index (κ1) is 17.4. The maximum absolute atomic E-state index is 12.3. The van der Waals surface area contributed by atoms with Crippen molar-refractivity contribution < 1.29 is 23.8 Å². The zero-order valence-corrected chi connectivity index (χ0v) is 14.9. The smallest absolute Gasteiger partial charge is 0.341 e. The molecular weight excluding hydrogens is 342 g/mol. The van der Waals surface area contributed by atoms with E-state index in [0.717, 1.165) is 5.69 Å². The molecule has 1 aromatic carbocycles. The van der Waals surface area contributed by atoms with Crippen LogP contribution in [0.5, 0.6) is 5.75 Å². The predicted molar refractivity (Wildman–Crippen MR) is 94.8 cm³/mol. The maximum atomic E-state index is 12.3. The average molecular weight is 361 g/mol. The molecule has 0 aliphatic carbocycles. The van der Waals surface area contributed by atoms with Gasteiger partial charge >= 0.3 is 5.97 Å². The Hall–Kier alpha value is -2.38. The molecule has 1 unspecified atom stereocenters. The highest BCUT2D eigenvalue weighted by Gasteiger charge is 2.25. The summed E-state index contributed by atoms with van der Waals surface area (Å²) >= 11 is 1.50. The van der Waals surface area contributed by atoms with Gasteiger partial charge in [-0.3, -0.25) is 9.69 Å². The minimum Gasteiger partial charge on any atom is -0.490 e. The molecule has 25 heavy (non-hydrogen) atoms. The molecule has 0 N–H and O–H groups in total. The molecule has 0 bridgehead atoms. The number of hydrogen-bond donors (Lipinski definition) is 0. The van der Waals surface area contributed by atoms with Gasteiger partial charge in [-0.05, 0) is 36.6 Å². The van der Waals surface area contributed by atoms with Crippen molar-refractivity contribution in [2.24, 2.45) is 0 Å². The Morgan fingerprint density at radius 1 is 1.32 bits per heavy atom. The van der Waals surface area contributed by atoms with E-state index in [1.54, 1.807) is 30.0 Å². The third-order valence-corrected chi connectivity index (χ3v) is 4.29. The van der Waals surface area contributed by atoms with E-state index in [2.05, 4.69) is 0 Å². The molecule has 3 rings (SSSR count). The highest BCUT2D eigenvalue weighted by Crippen LogP contribution is 2.32. The van der Waals surface area contributed by atoms with Gasteiger partial charge in [0.05, 0.1) is 24.6 Å². The van der Waals surface area contributed by atoms with Gasteiger partial charge in [-0.2, -0.15) is 11.3 Å². The Labute approximate surface area is 149 Å². The highest BCUT2D eigenvalue weighted by atomic mass is 32.1. The molecular formula is C18H19NO5S. The van der Waals surface area contributed by atoms with Gasteiger partial charge in [-0.1, -0.05) is 0 Å². The van der Waals surface area contributed by atoms with Crippen LogP contribution in [0.4, 0.5) is 11.4 Å². The lowest BCUT2D eigenvalue weighted by molar-refractivity contribution is -0.115. The van der Waals surface area contributed by atoms with Gasteiger partial charge in [0, 0.05) is 12.3 Å². The first-order valence-corrected chi connectivity index (χ1v) is 8.93. The number of rotatable bonds is 7. The van der Waals surface area contributed by atoms with E-state index >= 15 is 0 Å². The Kier molecular flexibility index (Phi) is 5.35. The number of amides is 1. The largest absolute Gasteiger partial charge is 0.490 e. The molecule has 6 nitrogen and oxygen atoms in total. The summed E-state index contributed by atoms with van der Waals surface area (Å²) in [6.45, 7) is 4.54. The lowest BCUT2D eigenvalue weighted by Gasteiger charge is -2.21. The van der Waals surface area contributed by atoms with Crippen LogP contribution in [0.2, 0.25) is 0 Å². The first-order valence-electron chi connectivity index (χ1n) is 7.98. The van der Waals surface area contributed by atoms with Crippen LogP contribution in [-0.4, -0.2) is 37.8 Å². The van der Waals surface area contributed by atoms with Crippen LogP contribution >= 0.6 is 11.3 Å². The molecule has 1 aromatic heterocycles. The van der Waals surface area contributed by atoms with E-state index in [1.165, 1.54) is 18.3 Å². The van der Waals surface area contributed by atoms with Crippen molar-refractivity contribution in [3.05, 3.63) is 40.6 Å². The summed E-state index contributed by atoms with van der Waals surface area (Å²) in [6.07, 6.45) is 0.0780. The van der Waals surface area contributed by atoms with Crippen LogP contribution in [0.15, 0.2) is 35.0 Å². The number of ether oxygens (including phenoxy) is 3. The number of benzene rings is 1. The second-order valence-electron chi connectivity index (χ2n) is 5.50. The molecule has 1 saturated heterocycles. The van der Waals surface area contributed by atoms with Gasteiger partial charge in [0.1, 0.15) is 24.0 Å². The molecule has 0 saturated carbocycles. The number of nitrogens with zero attached hydrogens (tertiary/aromatic N) is 1. The molecule has 2 heterocycles. The van der Waals surface area contributed by atoms with Gasteiger partial charge in [-0.15, -0.1) is 0 Å². The summed E-state index contributed by atoms with van der Waals surface area (Å²) in [5, 5.41) is 3.77. The van der Waals surface area contributed by atoms with Crippen molar-refractivity contribution in [2.75, 3.05) is 24.7 Å². The van der Waals surface area contributed by atoms with Crippen molar-refractivity contribution in [3.8, 4) is 5.75 Å². The highest BCUT2D eigenvalue weighted by molar-refractivity contribution is 7.08. The third kappa shape index (κ3) is 4.18. The molecule has 1 atom stereocenters. The van der Waals surface area contributed by atoms with E-state index in [-0.39, 0.29) is 18.6 Å². The lowest BCUT2D eigenvalue weighted by Crippen LogP contribution is -2.22. The Morgan fingerprint density at radius 3 is 2.72 bits per heavy atom. The summed E-state index contributed by atoms with van der Waals surface area (Å²) in [5.41, 5.74) is 1.64. The van der Waals surface area contributed by atoms with Gasteiger partial charge in [-0.25, -0.2) is 4.79 Å². The summed E-state index contributed by atoms with van der Waals surface area (Å²) in [4.78, 5) is 26.0. The normalized spacial score (nSPS) is 15.5. The minimum atomic E-state index is -0.482. The van der Waals surface area contributed by atoms with E-state index in [4.69, 9.17) is 14.2 Å². The predicted octanol–water partition coefficient (Wildman–Crippen LogP) is 3.39. The Balaban J connectivity index is 1.94. The van der Waals surface area contributed by atoms with Crippen LogP contribution in [0, 0.1) is 0 Å². The molecule has 2 aromatic rings. The number of hydrogen-bond acceptors (Lipinski definition) is 6. The number of thiophene rings is 1. The van der Waals surface area contributed by atoms with Crippen molar-refractivity contribution in [1.29, 1.82) is 0 Å². The second-order valence-corrected chi connectivity index (χ2v) is 6.28. The molecule has 0 radical (unpaired) electrons. The van der Waals surface area contributed by atoms with Gasteiger partial charge in [0.25, 0.3) is 0 Å².